The summed E-state index contributed by atoms with van der Waals surface area (Å²) in [6.07, 6.45) is 2.34. The van der Waals surface area contributed by atoms with Gasteiger partial charge in [0.25, 0.3) is 0 Å². The maximum absolute atomic E-state index is 11.3. The van der Waals surface area contributed by atoms with Gasteiger partial charge in [-0.2, -0.15) is 0 Å². The third-order valence-electron chi connectivity index (χ3n) is 0.820. The fourth-order valence-corrected chi connectivity index (χ4v) is 0.253. The predicted molar refractivity (Wildman–Crippen MR) is 29.7 cm³/mol. The van der Waals surface area contributed by atoms with E-state index in [4.69, 9.17) is 0 Å². The van der Waals surface area contributed by atoms with Crippen LogP contribution in [-0.4, -0.2) is 6.67 Å². The van der Waals surface area contributed by atoms with Crippen LogP contribution in [0.1, 0.15) is 13.3 Å². The summed E-state index contributed by atoms with van der Waals surface area (Å²) in [6.45, 7) is 5.14. The molecule has 0 aromatic carbocycles. The lowest BCUT2D eigenvalue weighted by atomic mass is 10.2. The molecule has 0 bridgehead atoms. The number of allylic oxidation sites excluding steroid dienone is 2. The molecule has 0 unspecified atom stereocenters. The van der Waals surface area contributed by atoms with E-state index in [-0.39, 0.29) is 6.67 Å². The molecule has 0 aliphatic heterocycles. The summed E-state index contributed by atoms with van der Waals surface area (Å²) in [5.74, 6) is 0. The molecule has 0 spiro atoms. The Labute approximate surface area is 44.0 Å². The molecule has 0 amide bonds. The molecule has 0 heterocycles. The third kappa shape index (κ3) is 3.50. The van der Waals surface area contributed by atoms with Crippen molar-refractivity contribution in [2.24, 2.45) is 0 Å². The molecular weight excluding hydrogens is 91.1 g/mol. The Morgan fingerprint density at radius 1 is 1.86 bits per heavy atom. The van der Waals surface area contributed by atoms with Crippen LogP contribution in [0.15, 0.2) is 11.6 Å². The van der Waals surface area contributed by atoms with Crippen molar-refractivity contribution in [2.75, 3.05) is 6.67 Å². The van der Waals surface area contributed by atoms with Crippen LogP contribution in [0.3, 0.4) is 0 Å². The third-order valence-corrected chi connectivity index (χ3v) is 0.820. The highest BCUT2D eigenvalue weighted by molar-refractivity contribution is 5.03. The number of halogens is 1. The molecule has 0 rings (SSSR count). The summed E-state index contributed by atoms with van der Waals surface area (Å²) in [6, 6.07) is 0. The number of alkyl halides is 1. The zero-order valence-corrected chi connectivity index (χ0v) is 4.58. The maximum Gasteiger partial charge on any atom is 0.108 e. The molecule has 7 heavy (non-hydrogen) atoms. The van der Waals surface area contributed by atoms with Crippen LogP contribution < -0.4 is 0 Å². The van der Waals surface area contributed by atoms with Gasteiger partial charge in [-0.15, -0.1) is 0 Å². The van der Waals surface area contributed by atoms with Crippen LogP contribution in [0.4, 0.5) is 4.39 Å². The highest BCUT2D eigenvalue weighted by atomic mass is 19.1. The van der Waals surface area contributed by atoms with Gasteiger partial charge in [0.2, 0.25) is 0 Å². The molecule has 41 valence electrons. The Morgan fingerprint density at radius 3 is 2.57 bits per heavy atom. The summed E-state index contributed by atoms with van der Waals surface area (Å²) in [5.41, 5.74) is 0.877. The minimum atomic E-state index is -0.382. The molecule has 1 radical (unpaired) electrons. The van der Waals surface area contributed by atoms with E-state index in [1.54, 1.807) is 0 Å². The van der Waals surface area contributed by atoms with Crippen molar-refractivity contribution in [3.8, 4) is 0 Å². The molecule has 1 heteroatoms. The Hall–Kier alpha value is -0.330. The Kier molecular flexibility index (Phi) is 3.67. The van der Waals surface area contributed by atoms with Gasteiger partial charge in [-0.25, -0.2) is 4.39 Å². The Balaban J connectivity index is 3.29. The number of hydrogen-bond donors (Lipinski definition) is 0. The van der Waals surface area contributed by atoms with E-state index in [1.807, 2.05) is 6.92 Å². The Bertz CT molecular complexity index is 64.6. The summed E-state index contributed by atoms with van der Waals surface area (Å²) < 4.78 is 11.3. The first-order valence-electron chi connectivity index (χ1n) is 2.38. The first-order valence-corrected chi connectivity index (χ1v) is 2.38. The number of rotatable bonds is 2. The van der Waals surface area contributed by atoms with Crippen LogP contribution in [0.2, 0.25) is 0 Å². The quantitative estimate of drug-likeness (QED) is 0.499. The van der Waals surface area contributed by atoms with Crippen LogP contribution in [-0.2, 0) is 0 Å². The van der Waals surface area contributed by atoms with Gasteiger partial charge in [0.15, 0.2) is 0 Å². The lowest BCUT2D eigenvalue weighted by molar-refractivity contribution is 0.559. The lowest BCUT2D eigenvalue weighted by Crippen LogP contribution is -1.71. The molecule has 0 saturated heterocycles. The molecular formula is C6H10F. The molecule has 0 aromatic heterocycles. The molecule has 0 N–H and O–H groups in total. The fraction of sp³-hybridized carbons (Fsp3) is 0.500. The molecule has 0 fully saturated rings. The predicted octanol–water partition coefficient (Wildman–Crippen LogP) is 2.13. The van der Waals surface area contributed by atoms with Crippen LogP contribution in [0.25, 0.3) is 0 Å². The molecule has 0 atom stereocenters. The van der Waals surface area contributed by atoms with Gasteiger partial charge in [-0.3, -0.25) is 0 Å². The average Bonchev–Trinajstić information content (AvgIpc) is 1.68. The molecule has 0 aliphatic carbocycles. The van der Waals surface area contributed by atoms with E-state index in [0.29, 0.717) is 0 Å². The van der Waals surface area contributed by atoms with Crippen LogP contribution >= 0.6 is 0 Å². The molecule has 0 saturated carbocycles. The second-order valence-corrected chi connectivity index (χ2v) is 1.37. The van der Waals surface area contributed by atoms with E-state index in [0.717, 1.165) is 12.0 Å². The van der Waals surface area contributed by atoms with Gasteiger partial charge in [-0.1, -0.05) is 18.6 Å². The average molecular weight is 101 g/mol. The van der Waals surface area contributed by atoms with Gasteiger partial charge >= 0.3 is 0 Å². The largest absolute Gasteiger partial charge is 0.247 e. The molecule has 0 aromatic rings. The van der Waals surface area contributed by atoms with Crippen LogP contribution in [0, 0.1) is 6.92 Å². The van der Waals surface area contributed by atoms with E-state index >= 15 is 0 Å². The highest BCUT2D eigenvalue weighted by Crippen LogP contribution is 1.95. The standard InChI is InChI=1S/C6H10F/c1-3-6(2)4-5-7/h4H,2-3,5H2,1H3. The summed E-state index contributed by atoms with van der Waals surface area (Å²) in [7, 11) is 0. The lowest BCUT2D eigenvalue weighted by Gasteiger charge is -1.86. The maximum atomic E-state index is 11.3. The first kappa shape index (κ1) is 6.67. The fourth-order valence-electron chi connectivity index (χ4n) is 0.253. The van der Waals surface area contributed by atoms with Gasteiger partial charge < -0.3 is 0 Å². The van der Waals surface area contributed by atoms with Gasteiger partial charge in [0, 0.05) is 0 Å². The van der Waals surface area contributed by atoms with E-state index < -0.39 is 0 Å². The van der Waals surface area contributed by atoms with E-state index in [9.17, 15) is 4.39 Å². The summed E-state index contributed by atoms with van der Waals surface area (Å²) in [5, 5.41) is 0. The topological polar surface area (TPSA) is 0 Å². The van der Waals surface area contributed by atoms with Crippen molar-refractivity contribution in [3.63, 3.8) is 0 Å². The second-order valence-electron chi connectivity index (χ2n) is 1.37. The van der Waals surface area contributed by atoms with Crippen molar-refractivity contribution < 1.29 is 4.39 Å². The first-order chi connectivity index (χ1) is 3.31. The summed E-state index contributed by atoms with van der Waals surface area (Å²) in [4.78, 5) is 0. The van der Waals surface area contributed by atoms with Crippen LogP contribution in [0.5, 0.6) is 0 Å². The Morgan fingerprint density at radius 2 is 2.43 bits per heavy atom. The van der Waals surface area contributed by atoms with Crippen molar-refractivity contribution in [3.05, 3.63) is 18.6 Å². The second kappa shape index (κ2) is 3.85. The SMILES string of the molecule is [CH2]C(=CCF)CC. The van der Waals surface area contributed by atoms with Crippen molar-refractivity contribution in [1.29, 1.82) is 0 Å². The smallest absolute Gasteiger partial charge is 0.108 e. The minimum Gasteiger partial charge on any atom is -0.247 e. The zero-order valence-electron chi connectivity index (χ0n) is 4.58. The van der Waals surface area contributed by atoms with E-state index in [2.05, 4.69) is 6.92 Å². The van der Waals surface area contributed by atoms with Crippen molar-refractivity contribution in [2.45, 2.75) is 13.3 Å². The monoisotopic (exact) mass is 101 g/mol. The van der Waals surface area contributed by atoms with Gasteiger partial charge in [0.05, 0.1) is 0 Å². The normalized spacial score (nSPS) is 12.1. The van der Waals surface area contributed by atoms with E-state index in [1.165, 1.54) is 6.08 Å². The van der Waals surface area contributed by atoms with Crippen molar-refractivity contribution >= 4 is 0 Å². The zero-order chi connectivity index (χ0) is 5.70. The van der Waals surface area contributed by atoms with Gasteiger partial charge in [0.1, 0.15) is 6.67 Å². The molecule has 0 aliphatic rings. The number of hydrogen-bond acceptors (Lipinski definition) is 0. The van der Waals surface area contributed by atoms with Crippen molar-refractivity contribution in [1.82, 2.24) is 0 Å². The summed E-state index contributed by atoms with van der Waals surface area (Å²) >= 11 is 0. The minimum absolute atomic E-state index is 0.382. The molecule has 0 nitrogen and oxygen atoms in total. The highest BCUT2D eigenvalue weighted by Gasteiger charge is 1.78. The van der Waals surface area contributed by atoms with Gasteiger partial charge in [-0.05, 0) is 13.3 Å².